The average Bonchev–Trinajstić information content (AvgIpc) is 2.22. The summed E-state index contributed by atoms with van der Waals surface area (Å²) in [7, 11) is 0. The van der Waals surface area contributed by atoms with Gasteiger partial charge < -0.3 is 14.7 Å². The van der Waals surface area contributed by atoms with Crippen LogP contribution < -0.4 is 0 Å². The maximum absolute atomic E-state index is 11.6. The number of hydrogen-bond donors (Lipinski definition) is 1. The highest BCUT2D eigenvalue weighted by atomic mass is 16.5. The van der Waals surface area contributed by atoms with Crippen LogP contribution in [0.5, 0.6) is 0 Å². The van der Waals surface area contributed by atoms with E-state index in [9.17, 15) is 9.90 Å². The largest absolute Gasteiger partial charge is 0.393 e. The molecule has 0 aromatic carbocycles. The molecule has 1 fully saturated rings. The van der Waals surface area contributed by atoms with Crippen LogP contribution in [0.4, 0.5) is 0 Å². The van der Waals surface area contributed by atoms with E-state index in [2.05, 4.69) is 0 Å². The van der Waals surface area contributed by atoms with Crippen molar-refractivity contribution in [2.75, 3.05) is 26.3 Å². The molecule has 2 unspecified atom stereocenters. The Morgan fingerprint density at radius 2 is 2.33 bits per heavy atom. The van der Waals surface area contributed by atoms with E-state index < -0.39 is 0 Å². The second-order valence-corrected chi connectivity index (χ2v) is 4.23. The fraction of sp³-hybridized carbons (Fsp3) is 0.909. The number of aliphatic hydroxyl groups excluding tert-OH is 1. The van der Waals surface area contributed by atoms with E-state index in [0.29, 0.717) is 26.1 Å². The summed E-state index contributed by atoms with van der Waals surface area (Å²) in [6.45, 7) is 6.10. The zero-order valence-corrected chi connectivity index (χ0v) is 9.61. The molecule has 0 saturated carbocycles. The minimum atomic E-state index is -0.259. The minimum Gasteiger partial charge on any atom is -0.393 e. The first-order valence-electron chi connectivity index (χ1n) is 5.68. The van der Waals surface area contributed by atoms with Crippen LogP contribution in [-0.2, 0) is 9.53 Å². The average molecular weight is 215 g/mol. The lowest BCUT2D eigenvalue weighted by Gasteiger charge is -2.34. The Labute approximate surface area is 91.2 Å². The van der Waals surface area contributed by atoms with Gasteiger partial charge in [-0.15, -0.1) is 0 Å². The van der Waals surface area contributed by atoms with Gasteiger partial charge in [0.05, 0.1) is 6.10 Å². The molecular formula is C11H21NO3. The van der Waals surface area contributed by atoms with Crippen molar-refractivity contribution >= 4 is 5.91 Å². The fourth-order valence-electron chi connectivity index (χ4n) is 1.75. The van der Waals surface area contributed by atoms with Gasteiger partial charge in [-0.3, -0.25) is 4.79 Å². The Morgan fingerprint density at radius 3 is 2.93 bits per heavy atom. The maximum atomic E-state index is 11.6. The van der Waals surface area contributed by atoms with E-state index >= 15 is 0 Å². The van der Waals surface area contributed by atoms with Gasteiger partial charge in [-0.05, 0) is 18.8 Å². The van der Waals surface area contributed by atoms with Crippen LogP contribution in [0.2, 0.25) is 0 Å². The normalized spacial score (nSPS) is 26.7. The van der Waals surface area contributed by atoms with Crippen molar-refractivity contribution in [3.8, 4) is 0 Å². The summed E-state index contributed by atoms with van der Waals surface area (Å²) >= 11 is 0. The van der Waals surface area contributed by atoms with Crippen molar-refractivity contribution < 1.29 is 14.6 Å². The van der Waals surface area contributed by atoms with E-state index in [1.165, 1.54) is 0 Å². The molecule has 0 aromatic heterocycles. The molecule has 1 rings (SSSR count). The molecule has 0 bridgehead atoms. The van der Waals surface area contributed by atoms with Crippen LogP contribution in [-0.4, -0.2) is 48.3 Å². The molecule has 88 valence electrons. The molecule has 1 amide bonds. The Kier molecular flexibility index (Phi) is 5.05. The van der Waals surface area contributed by atoms with Crippen LogP contribution >= 0.6 is 0 Å². The summed E-state index contributed by atoms with van der Waals surface area (Å²) < 4.78 is 5.21. The number of rotatable bonds is 4. The molecule has 0 aromatic rings. The number of piperidine rings is 1. The van der Waals surface area contributed by atoms with E-state index in [4.69, 9.17) is 4.74 Å². The van der Waals surface area contributed by atoms with Gasteiger partial charge in [0.2, 0.25) is 5.91 Å². The van der Waals surface area contributed by atoms with Gasteiger partial charge in [0, 0.05) is 19.7 Å². The predicted molar refractivity (Wildman–Crippen MR) is 57.5 cm³/mol. The van der Waals surface area contributed by atoms with Gasteiger partial charge in [-0.25, -0.2) is 0 Å². The molecule has 1 aliphatic heterocycles. The monoisotopic (exact) mass is 215 g/mol. The predicted octanol–water partition coefficient (Wildman–Crippen LogP) is 0.642. The van der Waals surface area contributed by atoms with Gasteiger partial charge >= 0.3 is 0 Å². The molecule has 0 spiro atoms. The summed E-state index contributed by atoms with van der Waals surface area (Å²) in [5, 5.41) is 9.52. The Morgan fingerprint density at radius 1 is 1.60 bits per heavy atom. The van der Waals surface area contributed by atoms with E-state index in [0.717, 1.165) is 6.42 Å². The highest BCUT2D eigenvalue weighted by molar-refractivity contribution is 5.77. The lowest BCUT2D eigenvalue weighted by atomic mass is 9.97. The molecule has 4 nitrogen and oxygen atoms in total. The van der Waals surface area contributed by atoms with Gasteiger partial charge in [0.15, 0.2) is 0 Å². The first-order valence-corrected chi connectivity index (χ1v) is 5.68. The summed E-state index contributed by atoms with van der Waals surface area (Å²) in [5.74, 6) is 0.219. The molecule has 1 aliphatic rings. The zero-order chi connectivity index (χ0) is 11.3. The second-order valence-electron chi connectivity index (χ2n) is 4.23. The number of nitrogens with zero attached hydrogens (tertiary/aromatic N) is 1. The number of hydrogen-bond acceptors (Lipinski definition) is 3. The Hall–Kier alpha value is -0.610. The van der Waals surface area contributed by atoms with Crippen LogP contribution in [0.1, 0.15) is 26.7 Å². The number of likely N-dealkylation sites (tertiary alicyclic amines) is 1. The molecule has 1 saturated heterocycles. The van der Waals surface area contributed by atoms with Crippen LogP contribution in [0, 0.1) is 5.92 Å². The lowest BCUT2D eigenvalue weighted by Crippen LogP contribution is -2.46. The Bertz CT molecular complexity index is 208. The molecule has 1 heterocycles. The van der Waals surface area contributed by atoms with Gasteiger partial charge in [-0.2, -0.15) is 0 Å². The Balaban J connectivity index is 2.28. The third-order valence-electron chi connectivity index (χ3n) is 2.79. The SMILES string of the molecule is CCCOCC(=O)N1CCC(O)C(C)C1. The third-order valence-corrected chi connectivity index (χ3v) is 2.79. The second kappa shape index (κ2) is 6.08. The first-order chi connectivity index (χ1) is 7.15. The lowest BCUT2D eigenvalue weighted by molar-refractivity contribution is -0.139. The smallest absolute Gasteiger partial charge is 0.248 e. The molecule has 4 heteroatoms. The van der Waals surface area contributed by atoms with Crippen molar-refractivity contribution in [2.45, 2.75) is 32.8 Å². The van der Waals surface area contributed by atoms with E-state index in [1.54, 1.807) is 4.90 Å². The van der Waals surface area contributed by atoms with Crippen molar-refractivity contribution in [1.29, 1.82) is 0 Å². The fourth-order valence-corrected chi connectivity index (χ4v) is 1.75. The minimum absolute atomic E-state index is 0.0437. The van der Waals surface area contributed by atoms with Crippen LogP contribution in [0.15, 0.2) is 0 Å². The topological polar surface area (TPSA) is 49.8 Å². The molecular weight excluding hydrogens is 194 g/mol. The summed E-state index contributed by atoms with van der Waals surface area (Å²) in [6.07, 6.45) is 1.36. The van der Waals surface area contributed by atoms with E-state index in [-0.39, 0.29) is 24.5 Å². The van der Waals surface area contributed by atoms with Gasteiger partial charge in [0.25, 0.3) is 0 Å². The van der Waals surface area contributed by atoms with Gasteiger partial charge in [-0.1, -0.05) is 13.8 Å². The number of ether oxygens (including phenoxy) is 1. The van der Waals surface area contributed by atoms with E-state index in [1.807, 2.05) is 13.8 Å². The summed E-state index contributed by atoms with van der Waals surface area (Å²) in [5.41, 5.74) is 0. The quantitative estimate of drug-likeness (QED) is 0.700. The van der Waals surface area contributed by atoms with Crippen molar-refractivity contribution in [3.05, 3.63) is 0 Å². The standard InChI is InChI=1S/C11H21NO3/c1-3-6-15-8-11(14)12-5-4-10(13)9(2)7-12/h9-10,13H,3-8H2,1-2H3. The maximum Gasteiger partial charge on any atom is 0.248 e. The molecule has 1 N–H and O–H groups in total. The molecule has 0 aliphatic carbocycles. The molecule has 15 heavy (non-hydrogen) atoms. The number of aliphatic hydroxyl groups is 1. The first kappa shape index (κ1) is 12.5. The zero-order valence-electron chi connectivity index (χ0n) is 9.61. The van der Waals surface area contributed by atoms with Gasteiger partial charge in [0.1, 0.15) is 6.61 Å². The number of carbonyl (C=O) groups excluding carboxylic acids is 1. The molecule has 2 atom stereocenters. The number of amides is 1. The van der Waals surface area contributed by atoms with Crippen LogP contribution in [0.25, 0.3) is 0 Å². The highest BCUT2D eigenvalue weighted by Gasteiger charge is 2.26. The molecule has 0 radical (unpaired) electrons. The van der Waals surface area contributed by atoms with Crippen molar-refractivity contribution in [1.82, 2.24) is 4.90 Å². The highest BCUT2D eigenvalue weighted by Crippen LogP contribution is 2.16. The summed E-state index contributed by atoms with van der Waals surface area (Å²) in [6, 6.07) is 0. The van der Waals surface area contributed by atoms with Crippen molar-refractivity contribution in [2.24, 2.45) is 5.92 Å². The number of carbonyl (C=O) groups is 1. The van der Waals surface area contributed by atoms with Crippen LogP contribution in [0.3, 0.4) is 0 Å². The van der Waals surface area contributed by atoms with Crippen molar-refractivity contribution in [3.63, 3.8) is 0 Å². The summed E-state index contributed by atoms with van der Waals surface area (Å²) in [4.78, 5) is 13.4. The third kappa shape index (κ3) is 3.80.